The highest BCUT2D eigenvalue weighted by atomic mass is 79.9. The summed E-state index contributed by atoms with van der Waals surface area (Å²) in [4.78, 5) is 0. The molecule has 0 saturated heterocycles. The molecule has 1 rings (SSSR count). The molecular weight excluding hydrogens is 258 g/mol. The van der Waals surface area contributed by atoms with E-state index >= 15 is 0 Å². The Morgan fingerprint density at radius 1 is 1.20 bits per heavy atom. The molecule has 0 fully saturated rings. The average Bonchev–Trinajstić information content (AvgIpc) is 2.28. The molecule has 0 amide bonds. The van der Waals surface area contributed by atoms with Gasteiger partial charge in [-0.2, -0.15) is 0 Å². The van der Waals surface area contributed by atoms with E-state index in [-0.39, 0.29) is 0 Å². The molecule has 0 aromatic heterocycles. The number of aliphatic hydroxyl groups excluding tert-OH is 2. The summed E-state index contributed by atoms with van der Waals surface area (Å²) in [5.41, 5.74) is 7.20. The number of aliphatic hydroxyl groups is 2. The number of halogens is 1. The number of rotatable bonds is 5. The number of hydrogen-bond donors (Lipinski definition) is 3. The minimum Gasteiger partial charge on any atom is -0.390 e. The van der Waals surface area contributed by atoms with E-state index in [1.54, 1.807) is 12.1 Å². The molecule has 0 radical (unpaired) electrons. The molecule has 2 atom stereocenters. The number of alkyl halides is 1. The first-order valence-corrected chi connectivity index (χ1v) is 6.02. The minimum absolute atomic E-state index is 0.486. The number of hydrogen-bond acceptors (Lipinski definition) is 3. The van der Waals surface area contributed by atoms with E-state index in [4.69, 9.17) is 5.73 Å². The summed E-state index contributed by atoms with van der Waals surface area (Å²) in [6.45, 7) is 0.486. The lowest BCUT2D eigenvalue weighted by molar-refractivity contribution is 0.0173. The van der Waals surface area contributed by atoms with Crippen molar-refractivity contribution in [1.82, 2.24) is 0 Å². The van der Waals surface area contributed by atoms with Crippen LogP contribution in [0.25, 0.3) is 0 Å². The van der Waals surface area contributed by atoms with Crippen LogP contribution < -0.4 is 5.73 Å². The summed E-state index contributed by atoms with van der Waals surface area (Å²) in [6.07, 6.45) is -1.03. The van der Waals surface area contributed by atoms with Crippen LogP contribution in [0.5, 0.6) is 0 Å². The van der Waals surface area contributed by atoms with Crippen molar-refractivity contribution in [2.75, 3.05) is 5.33 Å². The van der Waals surface area contributed by atoms with E-state index in [9.17, 15) is 10.2 Å². The quantitative estimate of drug-likeness (QED) is 0.709. The smallest absolute Gasteiger partial charge is 0.105 e. The molecule has 1 aromatic rings. The Bertz CT molecular complexity index is 289. The van der Waals surface area contributed by atoms with E-state index in [2.05, 4.69) is 15.9 Å². The molecule has 0 aliphatic heterocycles. The highest BCUT2D eigenvalue weighted by Gasteiger charge is 2.17. The third-order valence-corrected chi connectivity index (χ3v) is 2.78. The van der Waals surface area contributed by atoms with E-state index in [0.717, 1.165) is 11.1 Å². The SMILES string of the molecule is NCc1ccc(C(O)C(O)CCBr)cc1. The van der Waals surface area contributed by atoms with Gasteiger partial charge in [-0.1, -0.05) is 40.2 Å². The zero-order valence-electron chi connectivity index (χ0n) is 8.44. The van der Waals surface area contributed by atoms with Crippen LogP contribution in [0, 0.1) is 0 Å². The van der Waals surface area contributed by atoms with Gasteiger partial charge in [-0.15, -0.1) is 0 Å². The second kappa shape index (κ2) is 6.23. The zero-order chi connectivity index (χ0) is 11.3. The topological polar surface area (TPSA) is 66.5 Å². The first-order chi connectivity index (χ1) is 7.19. The van der Waals surface area contributed by atoms with Crippen molar-refractivity contribution < 1.29 is 10.2 Å². The van der Waals surface area contributed by atoms with E-state index < -0.39 is 12.2 Å². The Morgan fingerprint density at radius 2 is 1.80 bits per heavy atom. The Kier molecular flexibility index (Phi) is 5.25. The molecule has 0 heterocycles. The van der Waals surface area contributed by atoms with Crippen molar-refractivity contribution in [1.29, 1.82) is 0 Å². The van der Waals surface area contributed by atoms with Gasteiger partial charge >= 0.3 is 0 Å². The molecule has 4 N–H and O–H groups in total. The lowest BCUT2D eigenvalue weighted by atomic mass is 10.0. The van der Waals surface area contributed by atoms with Gasteiger partial charge in [0, 0.05) is 11.9 Å². The fourth-order valence-electron chi connectivity index (χ4n) is 1.34. The average molecular weight is 274 g/mol. The van der Waals surface area contributed by atoms with Gasteiger partial charge in [0.05, 0.1) is 6.10 Å². The van der Waals surface area contributed by atoms with Crippen molar-refractivity contribution >= 4 is 15.9 Å². The molecule has 15 heavy (non-hydrogen) atoms. The zero-order valence-corrected chi connectivity index (χ0v) is 10.0. The van der Waals surface area contributed by atoms with Crippen LogP contribution in [0.1, 0.15) is 23.7 Å². The maximum atomic E-state index is 9.78. The van der Waals surface area contributed by atoms with Gasteiger partial charge in [0.15, 0.2) is 0 Å². The third kappa shape index (κ3) is 3.57. The van der Waals surface area contributed by atoms with Gasteiger partial charge in [-0.25, -0.2) is 0 Å². The lowest BCUT2D eigenvalue weighted by Gasteiger charge is -2.17. The van der Waals surface area contributed by atoms with E-state index in [1.807, 2.05) is 12.1 Å². The molecule has 0 spiro atoms. The fraction of sp³-hybridized carbons (Fsp3) is 0.455. The first kappa shape index (κ1) is 12.6. The largest absolute Gasteiger partial charge is 0.390 e. The lowest BCUT2D eigenvalue weighted by Crippen LogP contribution is -2.18. The van der Waals surface area contributed by atoms with Gasteiger partial charge in [0.2, 0.25) is 0 Å². The van der Waals surface area contributed by atoms with Crippen LogP contribution in [-0.4, -0.2) is 21.6 Å². The summed E-state index contributed by atoms with van der Waals surface area (Å²) in [7, 11) is 0. The Labute approximate surface area is 98.1 Å². The molecule has 84 valence electrons. The third-order valence-electron chi connectivity index (χ3n) is 2.33. The van der Waals surface area contributed by atoms with Crippen LogP contribution in [0.15, 0.2) is 24.3 Å². The molecule has 0 bridgehead atoms. The molecule has 4 heteroatoms. The number of benzene rings is 1. The van der Waals surface area contributed by atoms with Crippen molar-refractivity contribution in [2.45, 2.75) is 25.2 Å². The van der Waals surface area contributed by atoms with Gasteiger partial charge in [0.25, 0.3) is 0 Å². The second-order valence-corrected chi connectivity index (χ2v) is 4.23. The highest BCUT2D eigenvalue weighted by molar-refractivity contribution is 9.09. The summed E-state index contributed by atoms with van der Waals surface area (Å²) in [6, 6.07) is 7.31. The van der Waals surface area contributed by atoms with Crippen molar-refractivity contribution in [3.63, 3.8) is 0 Å². The van der Waals surface area contributed by atoms with Crippen LogP contribution in [0.4, 0.5) is 0 Å². The van der Waals surface area contributed by atoms with Gasteiger partial charge < -0.3 is 15.9 Å². The van der Waals surface area contributed by atoms with Crippen LogP contribution in [-0.2, 0) is 6.54 Å². The summed E-state index contributed by atoms with van der Waals surface area (Å²) in [5, 5.41) is 20.0. The molecule has 3 nitrogen and oxygen atoms in total. The Balaban J connectivity index is 2.69. The minimum atomic E-state index is -0.825. The van der Waals surface area contributed by atoms with Crippen molar-refractivity contribution in [3.8, 4) is 0 Å². The molecule has 0 aliphatic rings. The normalized spacial score (nSPS) is 14.9. The fourth-order valence-corrected chi connectivity index (χ4v) is 1.81. The molecular formula is C11H16BrNO2. The summed E-state index contributed by atoms with van der Waals surface area (Å²) < 4.78 is 0. The van der Waals surface area contributed by atoms with E-state index in [1.165, 1.54) is 0 Å². The van der Waals surface area contributed by atoms with E-state index in [0.29, 0.717) is 18.3 Å². The standard InChI is InChI=1S/C11H16BrNO2/c12-6-5-10(14)11(15)9-3-1-8(7-13)2-4-9/h1-4,10-11,14-15H,5-7,13H2. The second-order valence-electron chi connectivity index (χ2n) is 3.44. The molecule has 0 saturated carbocycles. The monoisotopic (exact) mass is 273 g/mol. The maximum absolute atomic E-state index is 9.78. The first-order valence-electron chi connectivity index (χ1n) is 4.90. The summed E-state index contributed by atoms with van der Waals surface area (Å²) in [5.74, 6) is 0. The van der Waals surface area contributed by atoms with Gasteiger partial charge in [-0.3, -0.25) is 0 Å². The Hall–Kier alpha value is -0.420. The van der Waals surface area contributed by atoms with Gasteiger partial charge in [-0.05, 0) is 17.5 Å². The highest BCUT2D eigenvalue weighted by Crippen LogP contribution is 2.19. The predicted octanol–water partition coefficient (Wildman–Crippen LogP) is 1.32. The molecule has 1 aromatic carbocycles. The van der Waals surface area contributed by atoms with Crippen molar-refractivity contribution in [2.24, 2.45) is 5.73 Å². The van der Waals surface area contributed by atoms with Crippen LogP contribution in [0.3, 0.4) is 0 Å². The van der Waals surface area contributed by atoms with Gasteiger partial charge in [0.1, 0.15) is 6.10 Å². The van der Waals surface area contributed by atoms with Crippen LogP contribution in [0.2, 0.25) is 0 Å². The number of nitrogens with two attached hydrogens (primary N) is 1. The predicted molar refractivity (Wildman–Crippen MR) is 63.7 cm³/mol. The maximum Gasteiger partial charge on any atom is 0.105 e. The molecule has 2 unspecified atom stereocenters. The Morgan fingerprint density at radius 3 is 2.27 bits per heavy atom. The van der Waals surface area contributed by atoms with Crippen LogP contribution >= 0.6 is 15.9 Å². The summed E-state index contributed by atoms with van der Waals surface area (Å²) >= 11 is 3.23. The van der Waals surface area contributed by atoms with Crippen molar-refractivity contribution in [3.05, 3.63) is 35.4 Å². The molecule has 0 aliphatic carbocycles.